The zero-order valence-corrected chi connectivity index (χ0v) is 8.36. The Morgan fingerprint density at radius 2 is 2.40 bits per heavy atom. The third kappa shape index (κ3) is 2.01. The van der Waals surface area contributed by atoms with Crippen LogP contribution in [-0.2, 0) is 0 Å². The van der Waals surface area contributed by atoms with E-state index in [0.717, 1.165) is 12.8 Å². The molecule has 0 bridgehead atoms. The molecule has 1 aromatic heterocycles. The van der Waals surface area contributed by atoms with Crippen LogP contribution >= 0.6 is 0 Å². The van der Waals surface area contributed by atoms with Crippen LogP contribution in [0, 0.1) is 0 Å². The largest absolute Gasteiger partial charge is 0.488 e. The Kier molecular flexibility index (Phi) is 2.45. The van der Waals surface area contributed by atoms with Gasteiger partial charge in [0.2, 0.25) is 0 Å². The molecule has 5 nitrogen and oxygen atoms in total. The maximum atomic E-state index is 10.9. The van der Waals surface area contributed by atoms with Crippen LogP contribution in [0.5, 0.6) is 5.75 Å². The molecule has 0 saturated heterocycles. The summed E-state index contributed by atoms with van der Waals surface area (Å²) < 4.78 is 5.57. The average Bonchev–Trinajstić information content (AvgIpc) is 3.01. The summed E-state index contributed by atoms with van der Waals surface area (Å²) >= 11 is 0. The van der Waals surface area contributed by atoms with Gasteiger partial charge in [0.05, 0.1) is 6.10 Å². The maximum absolute atomic E-state index is 10.9. The summed E-state index contributed by atoms with van der Waals surface area (Å²) in [6.45, 7) is 0. The molecule has 1 saturated carbocycles. The second-order valence-electron chi connectivity index (χ2n) is 3.41. The van der Waals surface area contributed by atoms with E-state index in [-0.39, 0.29) is 11.8 Å². The third-order valence-corrected chi connectivity index (χ3v) is 2.18. The fourth-order valence-electron chi connectivity index (χ4n) is 1.31. The van der Waals surface area contributed by atoms with E-state index < -0.39 is 5.97 Å². The number of carbonyl (C=O) groups is 1. The second-order valence-corrected chi connectivity index (χ2v) is 3.41. The van der Waals surface area contributed by atoms with Gasteiger partial charge < -0.3 is 15.2 Å². The molecule has 0 atom stereocenters. The van der Waals surface area contributed by atoms with Crippen molar-refractivity contribution in [1.29, 1.82) is 0 Å². The molecule has 0 amide bonds. The predicted octanol–water partition coefficient (Wildman–Crippen LogP) is 1.36. The SMILES string of the molecule is CNc1c(OC2CC2)ccnc1C(=O)O. The number of hydrogen-bond donors (Lipinski definition) is 2. The van der Waals surface area contributed by atoms with Crippen molar-refractivity contribution in [3.63, 3.8) is 0 Å². The van der Waals surface area contributed by atoms with E-state index in [1.165, 1.54) is 6.20 Å². The van der Waals surface area contributed by atoms with Crippen LogP contribution in [0.25, 0.3) is 0 Å². The van der Waals surface area contributed by atoms with Crippen LogP contribution in [0.1, 0.15) is 23.3 Å². The van der Waals surface area contributed by atoms with E-state index in [0.29, 0.717) is 11.4 Å². The lowest BCUT2D eigenvalue weighted by Crippen LogP contribution is -2.08. The summed E-state index contributed by atoms with van der Waals surface area (Å²) in [5.74, 6) is -0.493. The first-order valence-corrected chi connectivity index (χ1v) is 4.79. The van der Waals surface area contributed by atoms with Crippen LogP contribution in [-0.4, -0.2) is 29.2 Å². The molecule has 1 fully saturated rings. The topological polar surface area (TPSA) is 71.5 Å². The Balaban J connectivity index is 2.34. The van der Waals surface area contributed by atoms with E-state index in [9.17, 15) is 4.79 Å². The highest BCUT2D eigenvalue weighted by Crippen LogP contribution is 2.32. The molecule has 15 heavy (non-hydrogen) atoms. The number of carboxylic acids is 1. The monoisotopic (exact) mass is 208 g/mol. The molecule has 80 valence electrons. The first-order valence-electron chi connectivity index (χ1n) is 4.79. The molecule has 1 aliphatic carbocycles. The second kappa shape index (κ2) is 3.76. The number of nitrogens with zero attached hydrogens (tertiary/aromatic N) is 1. The molecular weight excluding hydrogens is 196 g/mol. The van der Waals surface area contributed by atoms with Crippen LogP contribution in [0.15, 0.2) is 12.3 Å². The van der Waals surface area contributed by atoms with Crippen molar-refractivity contribution < 1.29 is 14.6 Å². The Morgan fingerprint density at radius 1 is 1.67 bits per heavy atom. The molecule has 0 aromatic carbocycles. The van der Waals surface area contributed by atoms with Crippen molar-refractivity contribution >= 4 is 11.7 Å². The number of anilines is 1. The van der Waals surface area contributed by atoms with Crippen molar-refractivity contribution in [2.75, 3.05) is 12.4 Å². The van der Waals surface area contributed by atoms with Crippen molar-refractivity contribution in [3.8, 4) is 5.75 Å². The van der Waals surface area contributed by atoms with Crippen molar-refractivity contribution in [2.45, 2.75) is 18.9 Å². The number of nitrogens with one attached hydrogen (secondary N) is 1. The highest BCUT2D eigenvalue weighted by atomic mass is 16.5. The minimum atomic E-state index is -1.06. The van der Waals surface area contributed by atoms with Gasteiger partial charge in [0, 0.05) is 19.3 Å². The summed E-state index contributed by atoms with van der Waals surface area (Å²) in [7, 11) is 1.66. The highest BCUT2D eigenvalue weighted by molar-refractivity contribution is 5.93. The van der Waals surface area contributed by atoms with E-state index in [4.69, 9.17) is 9.84 Å². The lowest BCUT2D eigenvalue weighted by molar-refractivity contribution is 0.0691. The maximum Gasteiger partial charge on any atom is 0.356 e. The number of pyridine rings is 1. The van der Waals surface area contributed by atoms with Crippen LogP contribution in [0.4, 0.5) is 5.69 Å². The molecule has 2 N–H and O–H groups in total. The molecular formula is C10H12N2O3. The first-order chi connectivity index (χ1) is 7.22. The molecule has 0 aliphatic heterocycles. The molecule has 0 unspecified atom stereocenters. The Morgan fingerprint density at radius 3 is 2.93 bits per heavy atom. The van der Waals surface area contributed by atoms with Crippen LogP contribution in [0.3, 0.4) is 0 Å². The summed E-state index contributed by atoms with van der Waals surface area (Å²) in [6, 6.07) is 1.68. The third-order valence-electron chi connectivity index (χ3n) is 2.18. The fourth-order valence-corrected chi connectivity index (χ4v) is 1.31. The number of ether oxygens (including phenoxy) is 1. The summed E-state index contributed by atoms with van der Waals surface area (Å²) in [6.07, 6.45) is 3.75. The average molecular weight is 208 g/mol. The van der Waals surface area contributed by atoms with Gasteiger partial charge in [-0.25, -0.2) is 9.78 Å². The summed E-state index contributed by atoms with van der Waals surface area (Å²) in [5.41, 5.74) is 0.438. The van der Waals surface area contributed by atoms with Gasteiger partial charge in [0.15, 0.2) is 5.69 Å². The zero-order chi connectivity index (χ0) is 10.8. The van der Waals surface area contributed by atoms with Crippen LogP contribution < -0.4 is 10.1 Å². The lowest BCUT2D eigenvalue weighted by Gasteiger charge is -2.11. The van der Waals surface area contributed by atoms with Gasteiger partial charge in [0.1, 0.15) is 11.4 Å². The zero-order valence-electron chi connectivity index (χ0n) is 8.36. The van der Waals surface area contributed by atoms with Gasteiger partial charge in [-0.3, -0.25) is 0 Å². The van der Waals surface area contributed by atoms with Crippen molar-refractivity contribution in [1.82, 2.24) is 4.98 Å². The van der Waals surface area contributed by atoms with Crippen LogP contribution in [0.2, 0.25) is 0 Å². The minimum Gasteiger partial charge on any atom is -0.488 e. The highest BCUT2D eigenvalue weighted by Gasteiger charge is 2.26. The smallest absolute Gasteiger partial charge is 0.356 e. The van der Waals surface area contributed by atoms with E-state index in [1.54, 1.807) is 13.1 Å². The Labute approximate surface area is 87.1 Å². The lowest BCUT2D eigenvalue weighted by atomic mass is 10.2. The standard InChI is InChI=1S/C10H12N2O3/c1-11-8-7(15-6-2-3-6)4-5-12-9(8)10(13)14/h4-6,11H,2-3H2,1H3,(H,13,14). The first kappa shape index (κ1) is 9.76. The minimum absolute atomic E-state index is 0.00403. The van der Waals surface area contributed by atoms with Gasteiger partial charge in [-0.1, -0.05) is 0 Å². The van der Waals surface area contributed by atoms with Gasteiger partial charge in [-0.05, 0) is 12.8 Å². The molecule has 1 heterocycles. The quantitative estimate of drug-likeness (QED) is 0.781. The Hall–Kier alpha value is -1.78. The molecule has 2 rings (SSSR count). The number of aromatic carboxylic acids is 1. The number of hydrogen-bond acceptors (Lipinski definition) is 4. The van der Waals surface area contributed by atoms with Gasteiger partial charge in [0.25, 0.3) is 0 Å². The van der Waals surface area contributed by atoms with Crippen molar-refractivity contribution in [3.05, 3.63) is 18.0 Å². The van der Waals surface area contributed by atoms with Crippen molar-refractivity contribution in [2.24, 2.45) is 0 Å². The van der Waals surface area contributed by atoms with Gasteiger partial charge in [-0.2, -0.15) is 0 Å². The van der Waals surface area contributed by atoms with E-state index in [2.05, 4.69) is 10.3 Å². The summed E-state index contributed by atoms with van der Waals surface area (Å²) in [5, 5.41) is 11.7. The number of carboxylic acid groups (broad SMARTS) is 1. The molecule has 1 aliphatic rings. The number of aromatic nitrogens is 1. The molecule has 0 spiro atoms. The molecule has 1 aromatic rings. The number of rotatable bonds is 4. The molecule has 5 heteroatoms. The Bertz CT molecular complexity index is 388. The fraction of sp³-hybridized carbons (Fsp3) is 0.400. The summed E-state index contributed by atoms with van der Waals surface area (Å²) in [4.78, 5) is 14.7. The predicted molar refractivity (Wildman–Crippen MR) is 54.4 cm³/mol. The molecule has 0 radical (unpaired) electrons. The van der Waals surface area contributed by atoms with Gasteiger partial charge in [-0.15, -0.1) is 0 Å². The van der Waals surface area contributed by atoms with Gasteiger partial charge >= 0.3 is 5.97 Å². The van der Waals surface area contributed by atoms with E-state index in [1.807, 2.05) is 0 Å². The normalized spacial score (nSPS) is 14.7. The van der Waals surface area contributed by atoms with E-state index >= 15 is 0 Å².